The molecule has 3 rings (SSSR count). The normalized spacial score (nSPS) is 30.7. The van der Waals surface area contributed by atoms with Gasteiger partial charge in [0.15, 0.2) is 0 Å². The van der Waals surface area contributed by atoms with Gasteiger partial charge in [0.05, 0.1) is 5.02 Å². The number of rotatable bonds is 2. The van der Waals surface area contributed by atoms with Crippen LogP contribution in [0.5, 0.6) is 5.75 Å². The molecular weight excluding hydrogens is 253 g/mol. The van der Waals surface area contributed by atoms with E-state index >= 15 is 0 Å². The molecule has 0 spiro atoms. The molecule has 0 radical (unpaired) electrons. The first-order valence-electron chi connectivity index (χ1n) is 6.15. The Morgan fingerprint density at radius 3 is 2.56 bits per heavy atom. The summed E-state index contributed by atoms with van der Waals surface area (Å²) in [5, 5.41) is 0.132. The van der Waals surface area contributed by atoms with Crippen molar-refractivity contribution in [3.63, 3.8) is 0 Å². The molecule has 1 aromatic carbocycles. The molecular formula is C14H15ClFNO. The van der Waals surface area contributed by atoms with Crippen molar-refractivity contribution < 1.29 is 9.13 Å². The van der Waals surface area contributed by atoms with Gasteiger partial charge in [0.25, 0.3) is 0 Å². The molecule has 2 aliphatic heterocycles. The highest BCUT2D eigenvalue weighted by atomic mass is 35.5. The summed E-state index contributed by atoms with van der Waals surface area (Å²) in [6.45, 7) is 0. The summed E-state index contributed by atoms with van der Waals surface area (Å²) in [6.07, 6.45) is 6.51. The van der Waals surface area contributed by atoms with Crippen molar-refractivity contribution in [2.24, 2.45) is 0 Å². The Kier molecular flexibility index (Phi) is 3.04. The Morgan fingerprint density at radius 1 is 1.28 bits per heavy atom. The third-order valence-electron chi connectivity index (χ3n) is 3.80. The molecule has 3 atom stereocenters. The standard InChI is InChI=1S/C14H15ClFNO/c1-17-9-2-3-10(17)7-12(6-9)18-11-4-5-13(15)14(16)8-11/h2-5,8-10,12H,6-7H2,1H3/t9-,10+,12-. The first-order valence-corrected chi connectivity index (χ1v) is 6.53. The largest absolute Gasteiger partial charge is 0.490 e. The molecule has 2 nitrogen and oxygen atoms in total. The molecule has 18 heavy (non-hydrogen) atoms. The van der Waals surface area contributed by atoms with E-state index in [1.807, 2.05) is 0 Å². The van der Waals surface area contributed by atoms with Gasteiger partial charge in [-0.25, -0.2) is 4.39 Å². The second-order valence-electron chi connectivity index (χ2n) is 4.97. The number of hydrogen-bond acceptors (Lipinski definition) is 2. The van der Waals surface area contributed by atoms with Gasteiger partial charge in [-0.3, -0.25) is 4.90 Å². The summed E-state index contributed by atoms with van der Waals surface area (Å²) in [5.41, 5.74) is 0. The van der Waals surface area contributed by atoms with E-state index in [0.717, 1.165) is 12.8 Å². The molecule has 0 saturated carbocycles. The smallest absolute Gasteiger partial charge is 0.145 e. The van der Waals surface area contributed by atoms with E-state index in [1.165, 1.54) is 12.1 Å². The zero-order valence-corrected chi connectivity index (χ0v) is 10.9. The molecule has 0 aliphatic carbocycles. The van der Waals surface area contributed by atoms with Gasteiger partial charge in [-0.2, -0.15) is 0 Å². The van der Waals surface area contributed by atoms with Crippen molar-refractivity contribution in [2.75, 3.05) is 7.05 Å². The molecule has 2 heterocycles. The summed E-state index contributed by atoms with van der Waals surface area (Å²) in [5.74, 6) is 0.133. The summed E-state index contributed by atoms with van der Waals surface area (Å²) < 4.78 is 19.2. The van der Waals surface area contributed by atoms with Crippen molar-refractivity contribution in [1.29, 1.82) is 0 Å². The summed E-state index contributed by atoms with van der Waals surface area (Å²) in [4.78, 5) is 2.35. The van der Waals surface area contributed by atoms with E-state index in [4.69, 9.17) is 16.3 Å². The van der Waals surface area contributed by atoms with Crippen LogP contribution in [-0.4, -0.2) is 30.1 Å². The maximum Gasteiger partial charge on any atom is 0.145 e. The molecule has 0 aromatic heterocycles. The van der Waals surface area contributed by atoms with Gasteiger partial charge in [-0.05, 0) is 19.2 Å². The van der Waals surface area contributed by atoms with Crippen LogP contribution in [0.2, 0.25) is 5.02 Å². The summed E-state index contributed by atoms with van der Waals surface area (Å²) >= 11 is 5.65. The number of hydrogen-bond donors (Lipinski definition) is 0. The van der Waals surface area contributed by atoms with Crippen LogP contribution in [0.1, 0.15) is 12.8 Å². The van der Waals surface area contributed by atoms with Gasteiger partial charge < -0.3 is 4.74 Å². The molecule has 2 bridgehead atoms. The lowest BCUT2D eigenvalue weighted by atomic mass is 9.99. The van der Waals surface area contributed by atoms with Gasteiger partial charge in [0, 0.05) is 31.0 Å². The molecule has 0 N–H and O–H groups in total. The zero-order valence-electron chi connectivity index (χ0n) is 10.1. The average Bonchev–Trinajstić information content (AvgIpc) is 2.58. The number of halogens is 2. The van der Waals surface area contributed by atoms with Crippen LogP contribution in [0.15, 0.2) is 30.4 Å². The van der Waals surface area contributed by atoms with Crippen molar-refractivity contribution in [1.82, 2.24) is 4.90 Å². The Morgan fingerprint density at radius 2 is 1.94 bits per heavy atom. The lowest BCUT2D eigenvalue weighted by Gasteiger charge is -2.36. The number of piperidine rings is 1. The summed E-state index contributed by atoms with van der Waals surface area (Å²) in [6, 6.07) is 5.51. The number of nitrogens with zero attached hydrogens (tertiary/aromatic N) is 1. The van der Waals surface area contributed by atoms with Gasteiger partial charge in [0.1, 0.15) is 17.7 Å². The van der Waals surface area contributed by atoms with Crippen LogP contribution in [-0.2, 0) is 0 Å². The van der Waals surface area contributed by atoms with Crippen LogP contribution >= 0.6 is 11.6 Å². The first-order chi connectivity index (χ1) is 8.63. The highest BCUT2D eigenvalue weighted by Crippen LogP contribution is 2.32. The SMILES string of the molecule is CN1[C@@H]2C=C[C@H]1C[C@H](Oc1ccc(Cl)c(F)c1)C2. The average molecular weight is 268 g/mol. The van der Waals surface area contributed by atoms with E-state index in [0.29, 0.717) is 17.8 Å². The third-order valence-corrected chi connectivity index (χ3v) is 4.11. The minimum atomic E-state index is -0.428. The monoisotopic (exact) mass is 267 g/mol. The van der Waals surface area contributed by atoms with Gasteiger partial charge in [0.2, 0.25) is 0 Å². The van der Waals surface area contributed by atoms with Crippen LogP contribution in [0.25, 0.3) is 0 Å². The second-order valence-corrected chi connectivity index (χ2v) is 5.38. The zero-order chi connectivity index (χ0) is 12.7. The Bertz CT molecular complexity index is 475. The van der Waals surface area contributed by atoms with Crippen molar-refractivity contribution in [3.8, 4) is 5.75 Å². The number of benzene rings is 1. The maximum absolute atomic E-state index is 13.3. The number of fused-ring (bicyclic) bond motifs is 2. The van der Waals surface area contributed by atoms with Gasteiger partial charge in [-0.1, -0.05) is 23.8 Å². The van der Waals surface area contributed by atoms with Gasteiger partial charge in [-0.15, -0.1) is 0 Å². The highest BCUT2D eigenvalue weighted by Gasteiger charge is 2.35. The molecule has 0 unspecified atom stereocenters. The number of ether oxygens (including phenoxy) is 1. The Hall–Kier alpha value is -1.06. The second kappa shape index (κ2) is 4.56. The fourth-order valence-corrected chi connectivity index (χ4v) is 2.85. The van der Waals surface area contributed by atoms with Crippen molar-refractivity contribution >= 4 is 11.6 Å². The molecule has 1 saturated heterocycles. The molecule has 1 fully saturated rings. The highest BCUT2D eigenvalue weighted by molar-refractivity contribution is 6.30. The quantitative estimate of drug-likeness (QED) is 0.763. The molecule has 2 aliphatic rings. The van der Waals surface area contributed by atoms with E-state index in [2.05, 4.69) is 24.1 Å². The van der Waals surface area contributed by atoms with Crippen LogP contribution < -0.4 is 4.74 Å². The molecule has 0 amide bonds. The predicted molar refractivity (Wildman–Crippen MR) is 69.5 cm³/mol. The van der Waals surface area contributed by atoms with E-state index in [1.54, 1.807) is 6.07 Å². The maximum atomic E-state index is 13.3. The predicted octanol–water partition coefficient (Wildman–Crippen LogP) is 3.26. The van der Waals surface area contributed by atoms with E-state index in [-0.39, 0.29) is 11.1 Å². The molecule has 4 heteroatoms. The van der Waals surface area contributed by atoms with Crippen molar-refractivity contribution in [2.45, 2.75) is 31.0 Å². The van der Waals surface area contributed by atoms with E-state index in [9.17, 15) is 4.39 Å². The Balaban J connectivity index is 1.69. The van der Waals surface area contributed by atoms with Crippen molar-refractivity contribution in [3.05, 3.63) is 41.2 Å². The van der Waals surface area contributed by atoms with Crippen LogP contribution in [0.3, 0.4) is 0 Å². The topological polar surface area (TPSA) is 12.5 Å². The lowest BCUT2D eigenvalue weighted by Crippen LogP contribution is -2.44. The lowest BCUT2D eigenvalue weighted by molar-refractivity contribution is 0.0749. The van der Waals surface area contributed by atoms with E-state index < -0.39 is 5.82 Å². The fraction of sp³-hybridized carbons (Fsp3) is 0.429. The third kappa shape index (κ3) is 2.13. The number of likely N-dealkylation sites (N-methyl/N-ethyl adjacent to an activating group) is 1. The fourth-order valence-electron chi connectivity index (χ4n) is 2.74. The van der Waals surface area contributed by atoms with Crippen LogP contribution in [0, 0.1) is 5.82 Å². The van der Waals surface area contributed by atoms with Crippen LogP contribution in [0.4, 0.5) is 4.39 Å². The molecule has 96 valence electrons. The first kappa shape index (κ1) is 12.0. The molecule has 1 aromatic rings. The van der Waals surface area contributed by atoms with Gasteiger partial charge >= 0.3 is 0 Å². The minimum absolute atomic E-state index is 0.132. The minimum Gasteiger partial charge on any atom is -0.490 e. The summed E-state index contributed by atoms with van der Waals surface area (Å²) in [7, 11) is 2.13. The Labute approximate surface area is 111 Å².